The Morgan fingerprint density at radius 3 is 2.42 bits per heavy atom. The number of allylic oxidation sites excluding steroid dienone is 5. The summed E-state index contributed by atoms with van der Waals surface area (Å²) in [5, 5.41) is 3.68. The molecular weight excluding hydrogens is 444 g/mol. The number of aryl methyl sites for hydroxylation is 1. The first-order chi connectivity index (χ1) is 17.5. The number of ether oxygens (including phenoxy) is 1. The van der Waals surface area contributed by atoms with Gasteiger partial charge in [-0.3, -0.25) is 9.88 Å². The summed E-state index contributed by atoms with van der Waals surface area (Å²) in [4.78, 5) is 9.36. The van der Waals surface area contributed by atoms with Gasteiger partial charge in [0.1, 0.15) is 17.3 Å². The van der Waals surface area contributed by atoms with Gasteiger partial charge >= 0.3 is 0 Å². The zero-order valence-corrected chi connectivity index (χ0v) is 22.6. The molecule has 0 aliphatic carbocycles. The second-order valence-corrected chi connectivity index (χ2v) is 9.14. The zero-order chi connectivity index (χ0) is 25.8. The molecule has 0 spiro atoms. The normalized spacial score (nSPS) is 16.3. The molecule has 36 heavy (non-hydrogen) atoms. The summed E-state index contributed by atoms with van der Waals surface area (Å²) < 4.78 is 6.27. The summed E-state index contributed by atoms with van der Waals surface area (Å²) in [5.74, 6) is 2.83. The molecule has 2 heterocycles. The Bertz CT molecular complexity index is 1080. The van der Waals surface area contributed by atoms with Crippen LogP contribution in [0.5, 0.6) is 5.75 Å². The monoisotopic (exact) mass is 486 g/mol. The lowest BCUT2D eigenvalue weighted by Crippen LogP contribution is -2.47. The minimum absolute atomic E-state index is 0.792. The largest absolute Gasteiger partial charge is 0.456 e. The SMILES string of the molecule is C/C=C(\C=C/C(Oc1cccnc1C)=C(C)CC)N/C(=C\CC)N1CCN(Cc2ccccc2)CC1. The highest BCUT2D eigenvalue weighted by atomic mass is 16.5. The lowest BCUT2D eigenvalue weighted by atomic mass is 10.2. The van der Waals surface area contributed by atoms with Gasteiger partial charge in [-0.25, -0.2) is 0 Å². The van der Waals surface area contributed by atoms with E-state index in [1.165, 1.54) is 17.0 Å². The van der Waals surface area contributed by atoms with Gasteiger partial charge in [0.2, 0.25) is 0 Å². The Hall–Kier alpha value is -3.31. The summed E-state index contributed by atoms with van der Waals surface area (Å²) in [6.45, 7) is 15.6. The predicted octanol–water partition coefficient (Wildman–Crippen LogP) is 6.57. The van der Waals surface area contributed by atoms with Crippen LogP contribution in [0.4, 0.5) is 0 Å². The second kappa shape index (κ2) is 14.3. The molecule has 192 valence electrons. The molecule has 1 aromatic carbocycles. The molecular formula is C31H42N4O. The van der Waals surface area contributed by atoms with Crippen molar-refractivity contribution in [3.8, 4) is 5.75 Å². The molecule has 5 nitrogen and oxygen atoms in total. The van der Waals surface area contributed by atoms with E-state index in [2.05, 4.69) is 102 Å². The number of aromatic nitrogens is 1. The predicted molar refractivity (Wildman–Crippen MR) is 150 cm³/mol. The molecule has 1 aromatic heterocycles. The van der Waals surface area contributed by atoms with Crippen LogP contribution in [-0.2, 0) is 6.54 Å². The fourth-order valence-electron chi connectivity index (χ4n) is 4.10. The minimum Gasteiger partial charge on any atom is -0.456 e. The minimum atomic E-state index is 0.792. The number of nitrogens with zero attached hydrogens (tertiary/aromatic N) is 3. The van der Waals surface area contributed by atoms with Crippen LogP contribution >= 0.6 is 0 Å². The molecule has 1 fully saturated rings. The van der Waals surface area contributed by atoms with E-state index in [4.69, 9.17) is 4.74 Å². The zero-order valence-electron chi connectivity index (χ0n) is 22.6. The van der Waals surface area contributed by atoms with Gasteiger partial charge in [-0.1, -0.05) is 50.3 Å². The maximum atomic E-state index is 6.27. The molecule has 0 unspecified atom stereocenters. The molecule has 0 amide bonds. The van der Waals surface area contributed by atoms with Crippen LogP contribution in [0, 0.1) is 6.92 Å². The lowest BCUT2D eigenvalue weighted by Gasteiger charge is -2.37. The highest BCUT2D eigenvalue weighted by molar-refractivity contribution is 5.34. The van der Waals surface area contributed by atoms with Crippen molar-refractivity contribution in [3.05, 3.63) is 107 Å². The van der Waals surface area contributed by atoms with Gasteiger partial charge in [0.15, 0.2) is 0 Å². The van der Waals surface area contributed by atoms with E-state index in [0.29, 0.717) is 0 Å². The Morgan fingerprint density at radius 2 is 1.78 bits per heavy atom. The van der Waals surface area contributed by atoms with Crippen molar-refractivity contribution < 1.29 is 4.74 Å². The van der Waals surface area contributed by atoms with Crippen LogP contribution in [-0.4, -0.2) is 41.0 Å². The van der Waals surface area contributed by atoms with Gasteiger partial charge in [0.05, 0.1) is 5.69 Å². The number of pyridine rings is 1. The summed E-state index contributed by atoms with van der Waals surface area (Å²) in [5.41, 5.74) is 4.51. The molecule has 0 bridgehead atoms. The summed E-state index contributed by atoms with van der Waals surface area (Å²) in [6.07, 6.45) is 12.3. The maximum absolute atomic E-state index is 6.27. The fourth-order valence-corrected chi connectivity index (χ4v) is 4.10. The summed E-state index contributed by atoms with van der Waals surface area (Å²) >= 11 is 0. The number of rotatable bonds is 11. The number of benzene rings is 1. The van der Waals surface area contributed by atoms with Gasteiger partial charge in [0.25, 0.3) is 0 Å². The molecule has 1 aliphatic rings. The van der Waals surface area contributed by atoms with Crippen molar-refractivity contribution in [1.82, 2.24) is 20.1 Å². The smallest absolute Gasteiger partial charge is 0.148 e. The van der Waals surface area contributed by atoms with E-state index < -0.39 is 0 Å². The number of nitrogens with one attached hydrogen (secondary N) is 1. The summed E-state index contributed by atoms with van der Waals surface area (Å²) in [7, 11) is 0. The quantitative estimate of drug-likeness (QED) is 0.287. The number of hydrogen-bond donors (Lipinski definition) is 1. The van der Waals surface area contributed by atoms with Crippen LogP contribution in [0.2, 0.25) is 0 Å². The van der Waals surface area contributed by atoms with Crippen LogP contribution < -0.4 is 10.1 Å². The molecule has 5 heteroatoms. The van der Waals surface area contributed by atoms with Crippen molar-refractivity contribution in [2.24, 2.45) is 0 Å². The molecule has 0 atom stereocenters. The van der Waals surface area contributed by atoms with E-state index in [1.54, 1.807) is 6.20 Å². The van der Waals surface area contributed by atoms with Gasteiger partial charge in [-0.05, 0) is 75.1 Å². The third-order valence-electron chi connectivity index (χ3n) is 6.49. The lowest BCUT2D eigenvalue weighted by molar-refractivity contribution is 0.148. The van der Waals surface area contributed by atoms with Crippen molar-refractivity contribution in [2.45, 2.75) is 54.0 Å². The highest BCUT2D eigenvalue weighted by Gasteiger charge is 2.19. The molecule has 2 aromatic rings. The Labute approximate surface area is 217 Å². The molecule has 0 radical (unpaired) electrons. The third kappa shape index (κ3) is 8.13. The van der Waals surface area contributed by atoms with E-state index >= 15 is 0 Å². The maximum Gasteiger partial charge on any atom is 0.148 e. The second-order valence-electron chi connectivity index (χ2n) is 9.14. The number of hydrogen-bond acceptors (Lipinski definition) is 5. The molecule has 1 saturated heterocycles. The van der Waals surface area contributed by atoms with Crippen LogP contribution in [0.15, 0.2) is 95.8 Å². The first-order valence-electron chi connectivity index (χ1n) is 13.2. The van der Waals surface area contributed by atoms with Gasteiger partial charge in [-0.15, -0.1) is 0 Å². The first kappa shape index (κ1) is 27.3. The Morgan fingerprint density at radius 1 is 1.03 bits per heavy atom. The van der Waals surface area contributed by atoms with Crippen molar-refractivity contribution >= 4 is 0 Å². The van der Waals surface area contributed by atoms with Gasteiger partial charge < -0.3 is 15.0 Å². The average Bonchev–Trinajstić information content (AvgIpc) is 2.91. The van der Waals surface area contributed by atoms with E-state index in [0.717, 1.165) is 68.5 Å². The van der Waals surface area contributed by atoms with Crippen LogP contribution in [0.1, 0.15) is 51.8 Å². The van der Waals surface area contributed by atoms with Crippen molar-refractivity contribution in [2.75, 3.05) is 26.2 Å². The number of piperazine rings is 1. The molecule has 0 saturated carbocycles. The Kier molecular flexibility index (Phi) is 10.8. The standard InChI is InChI=1S/C31H42N4O/c1-6-13-31(35-22-20-34(21-23-35)24-27-14-10-9-11-15-27)33-28(8-3)17-18-29(25(4)7-2)36-30-16-12-19-32-26(30)5/h8-19,33H,6-7,20-24H2,1-5H3/b18-17-,28-8+,29-25?,31-13+. The third-order valence-corrected chi connectivity index (χ3v) is 6.49. The van der Waals surface area contributed by atoms with E-state index in [1.807, 2.05) is 19.1 Å². The van der Waals surface area contributed by atoms with E-state index in [-0.39, 0.29) is 0 Å². The van der Waals surface area contributed by atoms with E-state index in [9.17, 15) is 0 Å². The topological polar surface area (TPSA) is 40.6 Å². The van der Waals surface area contributed by atoms with Crippen LogP contribution in [0.3, 0.4) is 0 Å². The molecule has 1 N–H and O–H groups in total. The van der Waals surface area contributed by atoms with Crippen LogP contribution in [0.25, 0.3) is 0 Å². The van der Waals surface area contributed by atoms with Gasteiger partial charge in [-0.2, -0.15) is 0 Å². The average molecular weight is 487 g/mol. The molecule has 3 rings (SSSR count). The van der Waals surface area contributed by atoms with Gasteiger partial charge in [0, 0.05) is 44.6 Å². The Balaban J connectivity index is 1.65. The first-order valence-corrected chi connectivity index (χ1v) is 13.2. The summed E-state index contributed by atoms with van der Waals surface area (Å²) in [6, 6.07) is 14.6. The van der Waals surface area contributed by atoms with Crippen molar-refractivity contribution in [1.29, 1.82) is 0 Å². The molecule has 1 aliphatic heterocycles. The van der Waals surface area contributed by atoms with Crippen molar-refractivity contribution in [3.63, 3.8) is 0 Å². The fraction of sp³-hybridized carbons (Fsp3) is 0.387. The highest BCUT2D eigenvalue weighted by Crippen LogP contribution is 2.21.